The van der Waals surface area contributed by atoms with E-state index in [4.69, 9.17) is 4.63 Å². The Bertz CT molecular complexity index is 765. The van der Waals surface area contributed by atoms with Gasteiger partial charge in [0.25, 0.3) is 0 Å². The minimum absolute atomic E-state index is 0.0161. The molecule has 0 bridgehead atoms. The molecule has 25 heavy (non-hydrogen) atoms. The summed E-state index contributed by atoms with van der Waals surface area (Å²) in [6, 6.07) is 4.41. The van der Waals surface area contributed by atoms with Gasteiger partial charge in [0.05, 0.1) is 5.82 Å². The van der Waals surface area contributed by atoms with Crippen LogP contribution in [0.1, 0.15) is 5.69 Å². The Morgan fingerprint density at radius 2 is 2.20 bits per heavy atom. The summed E-state index contributed by atoms with van der Waals surface area (Å²) in [6.45, 7) is 4.81. The van der Waals surface area contributed by atoms with Crippen LogP contribution >= 0.6 is 0 Å². The van der Waals surface area contributed by atoms with Crippen LogP contribution in [0.5, 0.6) is 0 Å². The van der Waals surface area contributed by atoms with Crippen LogP contribution in [-0.4, -0.2) is 49.3 Å². The van der Waals surface area contributed by atoms with Crippen LogP contribution in [0.3, 0.4) is 0 Å². The number of rotatable bonds is 8. The third-order valence-electron chi connectivity index (χ3n) is 3.29. The predicted molar refractivity (Wildman–Crippen MR) is 95.5 cm³/mol. The van der Waals surface area contributed by atoms with Crippen LogP contribution in [0.4, 0.5) is 15.9 Å². The number of hydrogen-bond donors (Lipinski definition) is 5. The Morgan fingerprint density at radius 1 is 1.40 bits per heavy atom. The second kappa shape index (κ2) is 8.57. The van der Waals surface area contributed by atoms with E-state index in [0.717, 1.165) is 0 Å². The molecule has 0 amide bonds. The van der Waals surface area contributed by atoms with Gasteiger partial charge in [-0.25, -0.2) is 9.02 Å². The van der Waals surface area contributed by atoms with Gasteiger partial charge in [-0.05, 0) is 28.5 Å². The third-order valence-corrected chi connectivity index (χ3v) is 3.29. The summed E-state index contributed by atoms with van der Waals surface area (Å²) in [6.07, 6.45) is 0. The van der Waals surface area contributed by atoms with Crippen molar-refractivity contribution in [3.63, 3.8) is 0 Å². The second-order valence-corrected chi connectivity index (χ2v) is 5.08. The molecule has 0 saturated heterocycles. The van der Waals surface area contributed by atoms with Crippen LogP contribution < -0.4 is 26.7 Å². The molecule has 2 rings (SSSR count). The molecule has 0 aliphatic rings. The summed E-state index contributed by atoms with van der Waals surface area (Å²) < 4.78 is 18.0. The highest BCUT2D eigenvalue weighted by Gasteiger charge is 2.17. The minimum Gasteiger partial charge on any atom is -0.409 e. The molecular formula is C14H19BFN7O2. The lowest BCUT2D eigenvalue weighted by Crippen LogP contribution is -2.27. The molecule has 11 heteroatoms. The number of benzene rings is 1. The highest BCUT2D eigenvalue weighted by atomic mass is 19.1. The molecule has 0 saturated carbocycles. The molecule has 0 spiro atoms. The number of nitrogens with one attached hydrogen (secondary N) is 4. The Balaban J connectivity index is 2.02. The molecule has 1 aromatic carbocycles. The maximum atomic E-state index is 13.3. The van der Waals surface area contributed by atoms with E-state index in [0.29, 0.717) is 35.9 Å². The zero-order valence-corrected chi connectivity index (χ0v) is 13.9. The zero-order valence-electron chi connectivity index (χ0n) is 13.9. The predicted octanol–water partition coefficient (Wildman–Crippen LogP) is -0.593. The molecule has 9 nitrogen and oxygen atoms in total. The third kappa shape index (κ3) is 4.87. The smallest absolute Gasteiger partial charge is 0.203 e. The van der Waals surface area contributed by atoms with Crippen molar-refractivity contribution in [2.75, 3.05) is 30.8 Å². The molecule has 0 atom stereocenters. The Labute approximate surface area is 144 Å². The summed E-state index contributed by atoms with van der Waals surface area (Å²) in [4.78, 5) is 0. The largest absolute Gasteiger partial charge is 0.409 e. The first-order valence-electron chi connectivity index (χ1n) is 7.47. The summed E-state index contributed by atoms with van der Waals surface area (Å²) in [7, 11) is 3.39. The van der Waals surface area contributed by atoms with E-state index >= 15 is 0 Å². The molecule has 5 N–H and O–H groups in total. The minimum atomic E-state index is -0.325. The molecule has 132 valence electrons. The van der Waals surface area contributed by atoms with Gasteiger partial charge in [-0.2, -0.15) is 0 Å². The van der Waals surface area contributed by atoms with Gasteiger partial charge >= 0.3 is 0 Å². The molecule has 1 heterocycles. The van der Waals surface area contributed by atoms with Crippen LogP contribution in [0, 0.1) is 5.82 Å². The first kappa shape index (κ1) is 18.1. The lowest BCUT2D eigenvalue weighted by Gasteiger charge is -2.10. The molecule has 0 fully saturated rings. The highest BCUT2D eigenvalue weighted by molar-refractivity contribution is 6.32. The average Bonchev–Trinajstić information content (AvgIpc) is 3.07. The van der Waals surface area contributed by atoms with Crippen molar-refractivity contribution >= 4 is 30.6 Å². The van der Waals surface area contributed by atoms with Gasteiger partial charge in [0, 0.05) is 25.8 Å². The topological polar surface area (TPSA) is 120 Å². The summed E-state index contributed by atoms with van der Waals surface area (Å²) >= 11 is 0. The summed E-state index contributed by atoms with van der Waals surface area (Å²) in [5.74, 6) is 0.679. The normalized spacial score (nSPS) is 11.0. The van der Waals surface area contributed by atoms with Gasteiger partial charge in [0.15, 0.2) is 5.69 Å². The maximum Gasteiger partial charge on any atom is 0.203 e. The Hall–Kier alpha value is -3.24. The fourth-order valence-electron chi connectivity index (χ4n) is 1.93. The molecule has 0 aliphatic carbocycles. The molecule has 1 aromatic heterocycles. The molecule has 0 radical (unpaired) electrons. The van der Waals surface area contributed by atoms with Crippen molar-refractivity contribution in [3.8, 4) is 0 Å². The fraction of sp³-hybridized carbons (Fsp3) is 0.214. The SMILES string of the molecule is Bc1cc(N/C(=N\O)c2nonc2NCCNC(=C)NC)ccc1F. The number of anilines is 2. The number of hydrogen-bond acceptors (Lipinski definition) is 8. The summed E-state index contributed by atoms with van der Waals surface area (Å²) in [5, 5.41) is 31.7. The zero-order chi connectivity index (χ0) is 18.2. The standard InChI is InChI=1S/C14H19BFN7O2/c1-8(17-2)18-5-6-19-13-12(22-25-23-13)14(21-24)20-9-3-4-11(16)10(15)7-9/h3-4,7,17-18,24H,1,5-6,15H2,2H3,(H,19,23)(H,20,21). The average molecular weight is 347 g/mol. The number of amidine groups is 1. The molecule has 0 unspecified atom stereocenters. The van der Waals surface area contributed by atoms with E-state index in [1.807, 2.05) is 0 Å². The fourth-order valence-corrected chi connectivity index (χ4v) is 1.93. The highest BCUT2D eigenvalue weighted by Crippen LogP contribution is 2.14. The lowest BCUT2D eigenvalue weighted by atomic mass is 9.95. The van der Waals surface area contributed by atoms with E-state index in [9.17, 15) is 9.60 Å². The molecule has 2 aromatic rings. The van der Waals surface area contributed by atoms with Gasteiger partial charge in [0.1, 0.15) is 13.7 Å². The number of aromatic nitrogens is 2. The molecular weight excluding hydrogens is 328 g/mol. The van der Waals surface area contributed by atoms with Crippen molar-refractivity contribution in [1.82, 2.24) is 20.9 Å². The Kier molecular flexibility index (Phi) is 6.21. The van der Waals surface area contributed by atoms with E-state index in [1.165, 1.54) is 12.1 Å². The van der Waals surface area contributed by atoms with Crippen LogP contribution in [-0.2, 0) is 0 Å². The quantitative estimate of drug-likeness (QED) is 0.107. The van der Waals surface area contributed by atoms with E-state index < -0.39 is 0 Å². The lowest BCUT2D eigenvalue weighted by molar-refractivity contribution is 0.305. The van der Waals surface area contributed by atoms with E-state index in [1.54, 1.807) is 21.0 Å². The van der Waals surface area contributed by atoms with Crippen LogP contribution in [0.2, 0.25) is 0 Å². The van der Waals surface area contributed by atoms with Crippen molar-refractivity contribution < 1.29 is 14.2 Å². The van der Waals surface area contributed by atoms with Gasteiger partial charge < -0.3 is 26.5 Å². The first-order chi connectivity index (χ1) is 12.0. The first-order valence-corrected chi connectivity index (χ1v) is 7.47. The van der Waals surface area contributed by atoms with Gasteiger partial charge in [-0.1, -0.05) is 17.2 Å². The van der Waals surface area contributed by atoms with Gasteiger partial charge in [-0.15, -0.1) is 0 Å². The molecule has 0 aliphatic heterocycles. The van der Waals surface area contributed by atoms with Gasteiger partial charge in [0.2, 0.25) is 11.7 Å². The Morgan fingerprint density at radius 3 is 2.88 bits per heavy atom. The van der Waals surface area contributed by atoms with Crippen molar-refractivity contribution in [2.45, 2.75) is 0 Å². The van der Waals surface area contributed by atoms with Crippen molar-refractivity contribution in [1.29, 1.82) is 0 Å². The monoisotopic (exact) mass is 347 g/mol. The van der Waals surface area contributed by atoms with Crippen molar-refractivity contribution in [2.24, 2.45) is 5.16 Å². The van der Waals surface area contributed by atoms with Gasteiger partial charge in [-0.3, -0.25) is 0 Å². The van der Waals surface area contributed by atoms with Crippen LogP contribution in [0.25, 0.3) is 0 Å². The maximum absolute atomic E-state index is 13.3. The number of nitrogens with zero attached hydrogens (tertiary/aromatic N) is 3. The van der Waals surface area contributed by atoms with E-state index in [-0.39, 0.29) is 17.3 Å². The van der Waals surface area contributed by atoms with Crippen LogP contribution in [0.15, 0.2) is 40.4 Å². The second-order valence-electron chi connectivity index (χ2n) is 5.08. The number of halogens is 1. The van der Waals surface area contributed by atoms with E-state index in [2.05, 4.69) is 43.3 Å². The van der Waals surface area contributed by atoms with Crippen molar-refractivity contribution in [3.05, 3.63) is 42.1 Å². The summed E-state index contributed by atoms with van der Waals surface area (Å²) in [5.41, 5.74) is 1.18. The number of oxime groups is 1.